The lowest BCUT2D eigenvalue weighted by Crippen LogP contribution is -2.28. The molecule has 88 valence electrons. The summed E-state index contributed by atoms with van der Waals surface area (Å²) in [5.74, 6) is 0.676. The molecule has 0 aromatic heterocycles. The first-order chi connectivity index (χ1) is 7.65. The van der Waals surface area contributed by atoms with Crippen molar-refractivity contribution >= 4 is 17.5 Å². The fourth-order valence-corrected chi connectivity index (χ4v) is 1.37. The quantitative estimate of drug-likeness (QED) is 0.633. The lowest BCUT2D eigenvalue weighted by Gasteiger charge is -2.10. The Morgan fingerprint density at radius 1 is 1.44 bits per heavy atom. The molecular formula is C12H16ClNO2. The van der Waals surface area contributed by atoms with Gasteiger partial charge in [0.05, 0.1) is 6.54 Å². The van der Waals surface area contributed by atoms with E-state index >= 15 is 0 Å². The Morgan fingerprint density at radius 2 is 2.19 bits per heavy atom. The number of carbonyl (C=O) groups is 1. The average Bonchev–Trinajstić information content (AvgIpc) is 2.29. The summed E-state index contributed by atoms with van der Waals surface area (Å²) in [6, 6.07) is 5.91. The number of amides is 1. The topological polar surface area (TPSA) is 38.3 Å². The lowest BCUT2D eigenvalue weighted by atomic mass is 10.1. The van der Waals surface area contributed by atoms with Crippen LogP contribution in [-0.2, 0) is 4.79 Å². The zero-order chi connectivity index (χ0) is 12.0. The van der Waals surface area contributed by atoms with Gasteiger partial charge in [0.15, 0.2) is 0 Å². The first-order valence-corrected chi connectivity index (χ1v) is 5.70. The van der Waals surface area contributed by atoms with E-state index in [-0.39, 0.29) is 11.8 Å². The molecule has 0 bridgehead atoms. The maximum atomic E-state index is 10.8. The van der Waals surface area contributed by atoms with Crippen LogP contribution in [0.1, 0.15) is 11.1 Å². The van der Waals surface area contributed by atoms with E-state index in [1.165, 1.54) is 5.56 Å². The summed E-state index contributed by atoms with van der Waals surface area (Å²) >= 11 is 5.34. The highest BCUT2D eigenvalue weighted by Gasteiger charge is 2.01. The Bertz CT molecular complexity index is 366. The van der Waals surface area contributed by atoms with Gasteiger partial charge in [-0.2, -0.15) is 0 Å². The summed E-state index contributed by atoms with van der Waals surface area (Å²) in [6.07, 6.45) is 0. The highest BCUT2D eigenvalue weighted by molar-refractivity contribution is 6.27. The number of hydrogen-bond donors (Lipinski definition) is 1. The summed E-state index contributed by atoms with van der Waals surface area (Å²) in [6.45, 7) is 4.98. The second kappa shape index (κ2) is 6.38. The molecule has 0 atom stereocenters. The molecule has 1 aromatic rings. The normalized spacial score (nSPS) is 9.94. The van der Waals surface area contributed by atoms with E-state index in [0.717, 1.165) is 11.3 Å². The average molecular weight is 242 g/mol. The van der Waals surface area contributed by atoms with Gasteiger partial charge >= 0.3 is 0 Å². The number of ether oxygens (including phenoxy) is 1. The molecule has 3 nitrogen and oxygen atoms in total. The van der Waals surface area contributed by atoms with Crippen molar-refractivity contribution in [2.45, 2.75) is 13.8 Å². The van der Waals surface area contributed by atoms with Gasteiger partial charge < -0.3 is 10.1 Å². The fourth-order valence-electron chi connectivity index (χ4n) is 1.28. The molecule has 1 rings (SSSR count). The summed E-state index contributed by atoms with van der Waals surface area (Å²) in [5, 5.41) is 2.64. The van der Waals surface area contributed by atoms with Gasteiger partial charge in [-0.25, -0.2) is 0 Å². The van der Waals surface area contributed by atoms with Crippen LogP contribution in [0.25, 0.3) is 0 Å². The summed E-state index contributed by atoms with van der Waals surface area (Å²) < 4.78 is 5.55. The number of carbonyl (C=O) groups excluding carboxylic acids is 1. The Morgan fingerprint density at radius 3 is 2.88 bits per heavy atom. The highest BCUT2D eigenvalue weighted by atomic mass is 35.5. The van der Waals surface area contributed by atoms with Crippen molar-refractivity contribution in [3.63, 3.8) is 0 Å². The SMILES string of the molecule is Cc1cccc(OCCNC(=O)CCl)c1C. The van der Waals surface area contributed by atoms with Crippen molar-refractivity contribution < 1.29 is 9.53 Å². The monoisotopic (exact) mass is 241 g/mol. The molecule has 0 aliphatic heterocycles. The van der Waals surface area contributed by atoms with E-state index in [1.807, 2.05) is 32.0 Å². The minimum absolute atomic E-state index is 0.0104. The minimum atomic E-state index is -0.175. The molecule has 4 heteroatoms. The molecule has 1 aromatic carbocycles. The van der Waals surface area contributed by atoms with E-state index in [0.29, 0.717) is 13.2 Å². The number of benzene rings is 1. The molecule has 0 radical (unpaired) electrons. The molecule has 1 N–H and O–H groups in total. The van der Waals surface area contributed by atoms with Crippen LogP contribution in [0.5, 0.6) is 5.75 Å². The third kappa shape index (κ3) is 3.74. The van der Waals surface area contributed by atoms with Crippen LogP contribution in [0, 0.1) is 13.8 Å². The Kier molecular flexibility index (Phi) is 5.12. The number of hydrogen-bond acceptors (Lipinski definition) is 2. The maximum Gasteiger partial charge on any atom is 0.235 e. The van der Waals surface area contributed by atoms with Crippen molar-refractivity contribution in [3.05, 3.63) is 29.3 Å². The van der Waals surface area contributed by atoms with Crippen molar-refractivity contribution in [2.24, 2.45) is 0 Å². The Balaban J connectivity index is 2.38. The number of rotatable bonds is 5. The lowest BCUT2D eigenvalue weighted by molar-refractivity contribution is -0.118. The third-order valence-electron chi connectivity index (χ3n) is 2.36. The number of alkyl halides is 1. The first-order valence-electron chi connectivity index (χ1n) is 5.17. The van der Waals surface area contributed by atoms with E-state index < -0.39 is 0 Å². The molecule has 0 aliphatic carbocycles. The van der Waals surface area contributed by atoms with E-state index in [9.17, 15) is 4.79 Å². The van der Waals surface area contributed by atoms with Crippen LogP contribution in [0.4, 0.5) is 0 Å². The number of aryl methyl sites for hydroxylation is 1. The Hall–Kier alpha value is -1.22. The molecule has 1 amide bonds. The highest BCUT2D eigenvalue weighted by Crippen LogP contribution is 2.20. The molecule has 0 aliphatic rings. The second-order valence-corrected chi connectivity index (χ2v) is 3.80. The van der Waals surface area contributed by atoms with Gasteiger partial charge in [-0.3, -0.25) is 4.79 Å². The van der Waals surface area contributed by atoms with E-state index in [1.54, 1.807) is 0 Å². The first kappa shape index (κ1) is 12.8. The molecule has 0 saturated carbocycles. The van der Waals surface area contributed by atoms with Crippen molar-refractivity contribution in [1.82, 2.24) is 5.32 Å². The zero-order valence-electron chi connectivity index (χ0n) is 9.55. The van der Waals surface area contributed by atoms with Crippen molar-refractivity contribution in [1.29, 1.82) is 0 Å². The summed E-state index contributed by atoms with van der Waals surface area (Å²) in [7, 11) is 0. The van der Waals surface area contributed by atoms with Crippen LogP contribution < -0.4 is 10.1 Å². The van der Waals surface area contributed by atoms with Crippen LogP contribution in [0.2, 0.25) is 0 Å². The largest absolute Gasteiger partial charge is 0.491 e. The molecule has 0 fully saturated rings. The smallest absolute Gasteiger partial charge is 0.235 e. The minimum Gasteiger partial charge on any atom is -0.491 e. The predicted molar refractivity (Wildman–Crippen MR) is 65.1 cm³/mol. The van der Waals surface area contributed by atoms with E-state index in [4.69, 9.17) is 16.3 Å². The van der Waals surface area contributed by atoms with Crippen molar-refractivity contribution in [2.75, 3.05) is 19.0 Å². The van der Waals surface area contributed by atoms with E-state index in [2.05, 4.69) is 5.32 Å². The number of halogens is 1. The third-order valence-corrected chi connectivity index (χ3v) is 2.60. The molecule has 0 spiro atoms. The van der Waals surface area contributed by atoms with Gasteiger partial charge in [-0.1, -0.05) is 12.1 Å². The molecule has 0 saturated heterocycles. The second-order valence-electron chi connectivity index (χ2n) is 3.53. The summed E-state index contributed by atoms with van der Waals surface area (Å²) in [4.78, 5) is 10.8. The van der Waals surface area contributed by atoms with Gasteiger partial charge in [-0.15, -0.1) is 11.6 Å². The summed E-state index contributed by atoms with van der Waals surface area (Å²) in [5.41, 5.74) is 2.33. The Labute approximate surface area is 101 Å². The van der Waals surface area contributed by atoms with Gasteiger partial charge in [0.1, 0.15) is 18.2 Å². The number of nitrogens with one attached hydrogen (secondary N) is 1. The predicted octanol–water partition coefficient (Wildman–Crippen LogP) is 2.04. The fraction of sp³-hybridized carbons (Fsp3) is 0.417. The van der Waals surface area contributed by atoms with Gasteiger partial charge in [0, 0.05) is 0 Å². The van der Waals surface area contributed by atoms with Gasteiger partial charge in [0.25, 0.3) is 0 Å². The molecular weight excluding hydrogens is 226 g/mol. The standard InChI is InChI=1S/C12H16ClNO2/c1-9-4-3-5-11(10(9)2)16-7-6-14-12(15)8-13/h3-5H,6-8H2,1-2H3,(H,14,15). The van der Waals surface area contributed by atoms with Crippen molar-refractivity contribution in [3.8, 4) is 5.75 Å². The molecule has 0 unspecified atom stereocenters. The van der Waals surface area contributed by atoms with Crippen LogP contribution in [0.15, 0.2) is 18.2 Å². The molecule has 0 heterocycles. The van der Waals surface area contributed by atoms with Crippen LogP contribution in [-0.4, -0.2) is 24.9 Å². The molecule has 16 heavy (non-hydrogen) atoms. The maximum absolute atomic E-state index is 10.8. The van der Waals surface area contributed by atoms with Crippen LogP contribution >= 0.6 is 11.6 Å². The van der Waals surface area contributed by atoms with Gasteiger partial charge in [0.2, 0.25) is 5.91 Å². The van der Waals surface area contributed by atoms with Gasteiger partial charge in [-0.05, 0) is 31.0 Å². The zero-order valence-corrected chi connectivity index (χ0v) is 10.3. The van der Waals surface area contributed by atoms with Crippen LogP contribution in [0.3, 0.4) is 0 Å².